The summed E-state index contributed by atoms with van der Waals surface area (Å²) in [6.07, 6.45) is 0. The summed E-state index contributed by atoms with van der Waals surface area (Å²) in [5.41, 5.74) is 0. The highest BCUT2D eigenvalue weighted by molar-refractivity contribution is 6.38. The van der Waals surface area contributed by atoms with Crippen molar-refractivity contribution in [3.8, 4) is 0 Å². The molecule has 1 rings (SSSR count). The predicted octanol–water partition coefficient (Wildman–Crippen LogP) is -0.643. The summed E-state index contributed by atoms with van der Waals surface area (Å²) in [4.78, 5) is 25.6. The van der Waals surface area contributed by atoms with Gasteiger partial charge in [-0.25, -0.2) is 0 Å². The molecule has 1 saturated heterocycles. The number of carbonyl (C=O) groups excluding carboxylic acids is 2. The summed E-state index contributed by atoms with van der Waals surface area (Å²) in [6.45, 7) is 4.27. The van der Waals surface area contributed by atoms with E-state index in [1.165, 1.54) is 13.8 Å². The number of carbonyl (C=O) groups is 2. The molecule has 0 aliphatic carbocycles. The molecule has 0 bridgehead atoms. The van der Waals surface area contributed by atoms with Gasteiger partial charge in [0.05, 0.1) is 0 Å². The number of piperazine rings is 1. The van der Waals surface area contributed by atoms with Gasteiger partial charge in [0, 0.05) is 40.0 Å². The molecule has 18 heavy (non-hydrogen) atoms. The third-order valence-electron chi connectivity index (χ3n) is 2.70. The number of oxime groups is 2. The fraction of sp³-hybridized carbons (Fsp3) is 0.600. The van der Waals surface area contributed by atoms with Crippen LogP contribution >= 0.6 is 0 Å². The Labute approximate surface area is 104 Å². The Kier molecular flexibility index (Phi) is 4.64. The van der Waals surface area contributed by atoms with E-state index in [9.17, 15) is 9.59 Å². The molecule has 0 aromatic heterocycles. The SMILES string of the molecule is CC(=O)/C(=N\O)N1CCN(/C(=N/O)C(C)=O)CC1. The molecule has 1 aliphatic heterocycles. The summed E-state index contributed by atoms with van der Waals surface area (Å²) in [5, 5.41) is 23.4. The minimum atomic E-state index is -0.325. The molecule has 8 nitrogen and oxygen atoms in total. The highest BCUT2D eigenvalue weighted by Gasteiger charge is 2.26. The van der Waals surface area contributed by atoms with Gasteiger partial charge in [0.1, 0.15) is 0 Å². The molecule has 100 valence electrons. The molecule has 1 fully saturated rings. The topological polar surface area (TPSA) is 106 Å². The van der Waals surface area contributed by atoms with Crippen molar-refractivity contribution in [1.29, 1.82) is 0 Å². The number of amidine groups is 2. The van der Waals surface area contributed by atoms with Gasteiger partial charge in [0.15, 0.2) is 11.6 Å². The quantitative estimate of drug-likeness (QED) is 0.294. The molecule has 1 aliphatic rings. The summed E-state index contributed by atoms with van der Waals surface area (Å²) in [5.74, 6) is -0.651. The Morgan fingerprint density at radius 2 is 1.11 bits per heavy atom. The molecule has 0 saturated carbocycles. The van der Waals surface area contributed by atoms with Crippen LogP contribution in [0.15, 0.2) is 10.3 Å². The van der Waals surface area contributed by atoms with Crippen LogP contribution in [0.25, 0.3) is 0 Å². The second-order valence-corrected chi connectivity index (χ2v) is 3.93. The van der Waals surface area contributed by atoms with E-state index in [1.807, 2.05) is 0 Å². The fourth-order valence-electron chi connectivity index (χ4n) is 1.84. The fourth-order valence-corrected chi connectivity index (χ4v) is 1.84. The van der Waals surface area contributed by atoms with Crippen LogP contribution in [0, 0.1) is 0 Å². The molecule has 0 aromatic rings. The molecule has 0 aromatic carbocycles. The minimum Gasteiger partial charge on any atom is -0.409 e. The first-order valence-corrected chi connectivity index (χ1v) is 5.47. The van der Waals surface area contributed by atoms with Crippen LogP contribution in [0.2, 0.25) is 0 Å². The zero-order chi connectivity index (χ0) is 13.7. The molecule has 8 heteroatoms. The number of nitrogens with zero attached hydrogens (tertiary/aromatic N) is 4. The third-order valence-corrected chi connectivity index (χ3v) is 2.70. The number of ketones is 2. The van der Waals surface area contributed by atoms with Crippen LogP contribution in [0.3, 0.4) is 0 Å². The van der Waals surface area contributed by atoms with E-state index in [0.717, 1.165) is 0 Å². The molecule has 0 radical (unpaired) electrons. The standard InChI is InChI=1S/C10H16N4O4/c1-7(15)9(11-17)13-3-5-14(6-4-13)10(12-18)8(2)16/h17-18H,3-6H2,1-2H3/b11-9+,12-10+. The minimum absolute atomic E-state index is 0.0000350. The molecule has 1 heterocycles. The van der Waals surface area contributed by atoms with E-state index in [4.69, 9.17) is 10.4 Å². The van der Waals surface area contributed by atoms with Gasteiger partial charge in [-0.05, 0) is 0 Å². The first kappa shape index (κ1) is 13.9. The van der Waals surface area contributed by atoms with Crippen molar-refractivity contribution in [1.82, 2.24) is 9.80 Å². The van der Waals surface area contributed by atoms with Gasteiger partial charge in [-0.15, -0.1) is 0 Å². The van der Waals surface area contributed by atoms with Crippen LogP contribution in [0.5, 0.6) is 0 Å². The smallest absolute Gasteiger partial charge is 0.211 e. The number of Topliss-reactive ketones (excluding diaryl/α,β-unsaturated/α-hetero) is 2. The third kappa shape index (κ3) is 2.96. The summed E-state index contributed by atoms with van der Waals surface area (Å²) < 4.78 is 0. The lowest BCUT2D eigenvalue weighted by atomic mass is 10.2. The van der Waals surface area contributed by atoms with Crippen LogP contribution in [0.1, 0.15) is 13.8 Å². The van der Waals surface area contributed by atoms with E-state index >= 15 is 0 Å². The largest absolute Gasteiger partial charge is 0.409 e. The van der Waals surface area contributed by atoms with Crippen LogP contribution in [-0.2, 0) is 9.59 Å². The highest BCUT2D eigenvalue weighted by Crippen LogP contribution is 2.05. The molecule has 2 N–H and O–H groups in total. The van der Waals surface area contributed by atoms with Crippen LogP contribution < -0.4 is 0 Å². The second-order valence-electron chi connectivity index (χ2n) is 3.93. The molecule has 0 atom stereocenters. The number of rotatable bonds is 2. The van der Waals surface area contributed by atoms with Crippen molar-refractivity contribution in [3.05, 3.63) is 0 Å². The maximum atomic E-state index is 11.2. The van der Waals surface area contributed by atoms with Crippen molar-refractivity contribution >= 4 is 23.2 Å². The molecular formula is C10H16N4O4. The van der Waals surface area contributed by atoms with E-state index < -0.39 is 0 Å². The predicted molar refractivity (Wildman–Crippen MR) is 63.0 cm³/mol. The average Bonchev–Trinajstić information content (AvgIpc) is 2.32. The summed E-state index contributed by atoms with van der Waals surface area (Å²) in [6, 6.07) is 0. The maximum Gasteiger partial charge on any atom is 0.211 e. The van der Waals surface area contributed by atoms with Crippen LogP contribution in [0.4, 0.5) is 0 Å². The van der Waals surface area contributed by atoms with Gasteiger partial charge < -0.3 is 20.2 Å². The Balaban J connectivity index is 2.67. The van der Waals surface area contributed by atoms with Gasteiger partial charge in [0.25, 0.3) is 0 Å². The zero-order valence-corrected chi connectivity index (χ0v) is 10.3. The van der Waals surface area contributed by atoms with Gasteiger partial charge in [-0.2, -0.15) is 0 Å². The van der Waals surface area contributed by atoms with Gasteiger partial charge in [0.2, 0.25) is 11.7 Å². The highest BCUT2D eigenvalue weighted by atomic mass is 16.4. The Morgan fingerprint density at radius 1 is 0.833 bits per heavy atom. The first-order chi connectivity index (χ1) is 8.51. The average molecular weight is 256 g/mol. The van der Waals surface area contributed by atoms with Crippen molar-refractivity contribution in [3.63, 3.8) is 0 Å². The monoisotopic (exact) mass is 256 g/mol. The first-order valence-electron chi connectivity index (χ1n) is 5.47. The Bertz CT molecular complexity index is 359. The van der Waals surface area contributed by atoms with Gasteiger partial charge >= 0.3 is 0 Å². The second kappa shape index (κ2) is 5.99. The number of hydrogen-bond acceptors (Lipinski definition) is 6. The van der Waals surface area contributed by atoms with E-state index in [2.05, 4.69) is 10.3 Å². The van der Waals surface area contributed by atoms with E-state index in [1.54, 1.807) is 9.80 Å². The lowest BCUT2D eigenvalue weighted by Crippen LogP contribution is -2.53. The van der Waals surface area contributed by atoms with E-state index in [-0.39, 0.29) is 23.2 Å². The summed E-state index contributed by atoms with van der Waals surface area (Å²) >= 11 is 0. The number of hydrogen-bond donors (Lipinski definition) is 2. The summed E-state index contributed by atoms with van der Waals surface area (Å²) in [7, 11) is 0. The van der Waals surface area contributed by atoms with Crippen molar-refractivity contribution in [2.75, 3.05) is 26.2 Å². The van der Waals surface area contributed by atoms with Crippen LogP contribution in [-0.4, -0.2) is 69.6 Å². The lowest BCUT2D eigenvalue weighted by molar-refractivity contribution is -0.113. The normalized spacial score (nSPS) is 17.9. The van der Waals surface area contributed by atoms with Crippen molar-refractivity contribution < 1.29 is 20.0 Å². The Hall–Kier alpha value is -2.12. The zero-order valence-electron chi connectivity index (χ0n) is 10.3. The molecular weight excluding hydrogens is 240 g/mol. The lowest BCUT2D eigenvalue weighted by Gasteiger charge is -2.35. The molecule has 0 unspecified atom stereocenters. The Morgan fingerprint density at radius 3 is 1.28 bits per heavy atom. The van der Waals surface area contributed by atoms with E-state index in [0.29, 0.717) is 26.2 Å². The maximum absolute atomic E-state index is 11.2. The van der Waals surface area contributed by atoms with Gasteiger partial charge in [-0.1, -0.05) is 10.3 Å². The van der Waals surface area contributed by atoms with Gasteiger partial charge in [-0.3, -0.25) is 9.59 Å². The molecule has 0 spiro atoms. The van der Waals surface area contributed by atoms with Crippen molar-refractivity contribution in [2.24, 2.45) is 10.3 Å². The van der Waals surface area contributed by atoms with Crippen molar-refractivity contribution in [2.45, 2.75) is 13.8 Å². The molecule has 0 amide bonds.